The lowest BCUT2D eigenvalue weighted by Crippen LogP contribution is -2.29. The van der Waals surface area contributed by atoms with Crippen LogP contribution in [0.4, 0.5) is 11.6 Å². The zero-order valence-corrected chi connectivity index (χ0v) is 11.4. The predicted octanol–water partition coefficient (Wildman–Crippen LogP) is 2.36. The van der Waals surface area contributed by atoms with E-state index in [-0.39, 0.29) is 5.95 Å². The van der Waals surface area contributed by atoms with Gasteiger partial charge >= 0.3 is 11.8 Å². The first-order valence-corrected chi connectivity index (χ1v) is 6.15. The number of amides is 2. The van der Waals surface area contributed by atoms with Crippen molar-refractivity contribution in [3.05, 3.63) is 46.7 Å². The Morgan fingerprint density at radius 1 is 0.900 bits per heavy atom. The summed E-state index contributed by atoms with van der Waals surface area (Å²) in [4.78, 5) is 30.8. The highest BCUT2D eigenvalue weighted by Crippen LogP contribution is 2.22. The topological polar surface area (TPSA) is 84.0 Å². The molecule has 2 aromatic rings. The van der Waals surface area contributed by atoms with Gasteiger partial charge in [0.15, 0.2) is 0 Å². The van der Waals surface area contributed by atoms with Gasteiger partial charge in [-0.3, -0.25) is 14.9 Å². The average Bonchev–Trinajstić information content (AvgIpc) is 2.38. The summed E-state index contributed by atoms with van der Waals surface area (Å²) in [5.41, 5.74) is 0.316. The van der Waals surface area contributed by atoms with E-state index in [1.807, 2.05) is 0 Å². The average molecular weight is 311 g/mol. The Morgan fingerprint density at radius 2 is 1.45 bits per heavy atom. The fraction of sp³-hybridized carbons (Fsp3) is 0. The van der Waals surface area contributed by atoms with E-state index in [0.29, 0.717) is 15.7 Å². The molecule has 0 bridgehead atoms. The fourth-order valence-corrected chi connectivity index (χ4v) is 1.86. The van der Waals surface area contributed by atoms with Crippen molar-refractivity contribution in [1.29, 1.82) is 0 Å². The number of benzene rings is 1. The van der Waals surface area contributed by atoms with Gasteiger partial charge in [-0.05, 0) is 24.3 Å². The standard InChI is InChI=1S/C12H8Cl2N4O2/c13-7-4-8(14)6-9(5-7)17-10(19)11(20)18-12-15-2-1-3-16-12/h1-6H,(H,17,19)(H,15,16,18,20). The van der Waals surface area contributed by atoms with Gasteiger partial charge in [0, 0.05) is 28.1 Å². The van der Waals surface area contributed by atoms with Gasteiger partial charge in [-0.1, -0.05) is 23.2 Å². The molecule has 1 heterocycles. The highest BCUT2D eigenvalue weighted by Gasteiger charge is 2.15. The first-order chi connectivity index (χ1) is 9.54. The number of hydrogen-bond acceptors (Lipinski definition) is 4. The summed E-state index contributed by atoms with van der Waals surface area (Å²) in [5.74, 6) is -1.74. The molecule has 1 aromatic heterocycles. The van der Waals surface area contributed by atoms with Gasteiger partial charge in [-0.2, -0.15) is 0 Å². The Bertz CT molecular complexity index is 629. The van der Waals surface area contributed by atoms with Crippen LogP contribution in [0.3, 0.4) is 0 Å². The molecule has 0 radical (unpaired) electrons. The van der Waals surface area contributed by atoms with Crippen molar-refractivity contribution in [3.63, 3.8) is 0 Å². The molecule has 0 unspecified atom stereocenters. The maximum absolute atomic E-state index is 11.7. The van der Waals surface area contributed by atoms with Crippen molar-refractivity contribution in [2.24, 2.45) is 0 Å². The van der Waals surface area contributed by atoms with Gasteiger partial charge in [-0.15, -0.1) is 0 Å². The van der Waals surface area contributed by atoms with Crippen LogP contribution < -0.4 is 10.6 Å². The first-order valence-electron chi connectivity index (χ1n) is 5.40. The minimum atomic E-state index is -0.896. The van der Waals surface area contributed by atoms with E-state index in [2.05, 4.69) is 20.6 Å². The molecule has 0 spiro atoms. The molecular formula is C12H8Cl2N4O2. The molecule has 2 amide bonds. The molecule has 0 fully saturated rings. The third-order valence-corrected chi connectivity index (χ3v) is 2.55. The van der Waals surface area contributed by atoms with Crippen LogP contribution in [0.25, 0.3) is 0 Å². The van der Waals surface area contributed by atoms with Crippen LogP contribution in [-0.4, -0.2) is 21.8 Å². The molecule has 8 heteroatoms. The second-order valence-corrected chi connectivity index (χ2v) is 4.51. The number of aromatic nitrogens is 2. The third-order valence-electron chi connectivity index (χ3n) is 2.12. The van der Waals surface area contributed by atoms with Crippen molar-refractivity contribution in [3.8, 4) is 0 Å². The third kappa shape index (κ3) is 3.91. The van der Waals surface area contributed by atoms with Gasteiger partial charge in [-0.25, -0.2) is 9.97 Å². The van der Waals surface area contributed by atoms with Crippen molar-refractivity contribution < 1.29 is 9.59 Å². The maximum Gasteiger partial charge on any atom is 0.316 e. The molecule has 1 aromatic carbocycles. The Balaban J connectivity index is 2.02. The summed E-state index contributed by atoms with van der Waals surface area (Å²) in [6.07, 6.45) is 2.88. The number of hydrogen-bond donors (Lipinski definition) is 2. The molecule has 102 valence electrons. The summed E-state index contributed by atoms with van der Waals surface area (Å²) >= 11 is 11.6. The van der Waals surface area contributed by atoms with Gasteiger partial charge in [0.1, 0.15) is 0 Å². The number of nitrogens with zero attached hydrogens (tertiary/aromatic N) is 2. The van der Waals surface area contributed by atoms with E-state index in [9.17, 15) is 9.59 Å². The summed E-state index contributed by atoms with van der Waals surface area (Å²) in [6.45, 7) is 0. The normalized spacial score (nSPS) is 9.90. The van der Waals surface area contributed by atoms with E-state index in [1.54, 1.807) is 6.07 Å². The van der Waals surface area contributed by atoms with Crippen molar-refractivity contribution in [2.75, 3.05) is 10.6 Å². The molecule has 6 nitrogen and oxygen atoms in total. The van der Waals surface area contributed by atoms with Crippen LogP contribution in [0.1, 0.15) is 0 Å². The number of rotatable bonds is 2. The minimum absolute atomic E-state index is 0.0387. The van der Waals surface area contributed by atoms with Crippen LogP contribution in [0.5, 0.6) is 0 Å². The highest BCUT2D eigenvalue weighted by molar-refractivity contribution is 6.43. The molecule has 0 saturated heterocycles. The van der Waals surface area contributed by atoms with Gasteiger partial charge < -0.3 is 5.32 Å². The number of carbonyl (C=O) groups is 2. The largest absolute Gasteiger partial charge is 0.318 e. The fourth-order valence-electron chi connectivity index (χ4n) is 1.34. The molecule has 0 aliphatic heterocycles. The SMILES string of the molecule is O=C(Nc1cc(Cl)cc(Cl)c1)C(=O)Nc1ncccn1. The Hall–Kier alpha value is -2.18. The first kappa shape index (κ1) is 14.2. The van der Waals surface area contributed by atoms with Crippen LogP contribution in [0.15, 0.2) is 36.7 Å². The Morgan fingerprint density at radius 3 is 2.05 bits per heavy atom. The lowest BCUT2D eigenvalue weighted by atomic mass is 10.3. The van der Waals surface area contributed by atoms with Crippen molar-refractivity contribution in [1.82, 2.24) is 9.97 Å². The lowest BCUT2D eigenvalue weighted by Gasteiger charge is -2.06. The maximum atomic E-state index is 11.7. The van der Waals surface area contributed by atoms with E-state index >= 15 is 0 Å². The lowest BCUT2D eigenvalue weighted by molar-refractivity contribution is -0.133. The smallest absolute Gasteiger partial charge is 0.316 e. The number of anilines is 2. The molecule has 0 atom stereocenters. The summed E-state index contributed by atoms with van der Waals surface area (Å²) < 4.78 is 0. The zero-order chi connectivity index (χ0) is 14.5. The summed E-state index contributed by atoms with van der Waals surface area (Å²) in [5, 5.41) is 5.31. The number of carbonyl (C=O) groups excluding carboxylic acids is 2. The molecule has 0 aliphatic carbocycles. The van der Waals surface area contributed by atoms with Gasteiger partial charge in [0.25, 0.3) is 0 Å². The Kier molecular flexibility index (Phi) is 4.49. The van der Waals surface area contributed by atoms with Crippen LogP contribution in [-0.2, 0) is 9.59 Å². The molecule has 2 rings (SSSR count). The molecule has 20 heavy (non-hydrogen) atoms. The van der Waals surface area contributed by atoms with Crippen molar-refractivity contribution in [2.45, 2.75) is 0 Å². The van der Waals surface area contributed by atoms with Gasteiger partial charge in [0.2, 0.25) is 5.95 Å². The minimum Gasteiger partial charge on any atom is -0.318 e. The van der Waals surface area contributed by atoms with E-state index in [0.717, 1.165) is 0 Å². The highest BCUT2D eigenvalue weighted by atomic mass is 35.5. The van der Waals surface area contributed by atoms with Crippen molar-refractivity contribution >= 4 is 46.7 Å². The van der Waals surface area contributed by atoms with E-state index < -0.39 is 11.8 Å². The molecule has 0 aliphatic rings. The van der Waals surface area contributed by atoms with E-state index in [4.69, 9.17) is 23.2 Å². The van der Waals surface area contributed by atoms with Crippen LogP contribution in [0, 0.1) is 0 Å². The monoisotopic (exact) mass is 310 g/mol. The zero-order valence-electron chi connectivity index (χ0n) is 9.93. The van der Waals surface area contributed by atoms with E-state index in [1.165, 1.54) is 30.6 Å². The summed E-state index contributed by atoms with van der Waals surface area (Å²) in [7, 11) is 0. The quantitative estimate of drug-likeness (QED) is 0.834. The predicted molar refractivity (Wildman–Crippen MR) is 75.8 cm³/mol. The Labute approximate surface area is 124 Å². The van der Waals surface area contributed by atoms with Crippen LogP contribution in [0.2, 0.25) is 10.0 Å². The second-order valence-electron chi connectivity index (χ2n) is 3.64. The molecule has 2 N–H and O–H groups in total. The van der Waals surface area contributed by atoms with Gasteiger partial charge in [0.05, 0.1) is 0 Å². The number of halogens is 2. The molecular weight excluding hydrogens is 303 g/mol. The number of nitrogens with one attached hydrogen (secondary N) is 2. The summed E-state index contributed by atoms with van der Waals surface area (Å²) in [6, 6.07) is 6.04. The molecule has 0 saturated carbocycles. The second kappa shape index (κ2) is 6.31. The van der Waals surface area contributed by atoms with Crippen LogP contribution >= 0.6 is 23.2 Å².